The first kappa shape index (κ1) is 23.2. The molecule has 0 aliphatic heterocycles. The fourth-order valence-electron chi connectivity index (χ4n) is 3.54. The van der Waals surface area contributed by atoms with E-state index in [4.69, 9.17) is 4.74 Å². The number of likely N-dealkylation sites (N-methyl/N-ethyl adjacent to an activating group) is 1. The standard InChI is InChI=1S/C22H24F3N5O2/c1-4-18(15(3)32-20-11-10-16(14-26-20)22(23,24)25)29(5-2)21(31)17-8-6-7-9-19(17)30-27-12-13-28-30/h6-15,18H,4-5H2,1-3H3. The Hall–Kier alpha value is -3.43. The molecule has 1 aromatic carbocycles. The van der Waals surface area contributed by atoms with E-state index < -0.39 is 17.8 Å². The van der Waals surface area contributed by atoms with Crippen LogP contribution < -0.4 is 4.74 Å². The molecule has 2 unspecified atom stereocenters. The van der Waals surface area contributed by atoms with Crippen LogP contribution in [0.3, 0.4) is 0 Å². The Morgan fingerprint density at radius 3 is 2.38 bits per heavy atom. The summed E-state index contributed by atoms with van der Waals surface area (Å²) in [6.07, 6.45) is -0.613. The van der Waals surface area contributed by atoms with Crippen LogP contribution in [0.25, 0.3) is 5.69 Å². The zero-order valence-electron chi connectivity index (χ0n) is 18.0. The summed E-state index contributed by atoms with van der Waals surface area (Å²) in [6.45, 7) is 5.96. The highest BCUT2D eigenvalue weighted by Gasteiger charge is 2.32. The van der Waals surface area contributed by atoms with E-state index in [0.29, 0.717) is 24.2 Å². The molecule has 0 aliphatic carbocycles. The minimum atomic E-state index is -4.47. The molecular formula is C22H24F3N5O2. The predicted octanol–water partition coefficient (Wildman–Crippen LogP) is 4.39. The molecule has 0 radical (unpaired) electrons. The number of hydrogen-bond acceptors (Lipinski definition) is 5. The van der Waals surface area contributed by atoms with Gasteiger partial charge in [0, 0.05) is 18.8 Å². The van der Waals surface area contributed by atoms with Gasteiger partial charge in [-0.05, 0) is 38.5 Å². The number of benzene rings is 1. The quantitative estimate of drug-likeness (QED) is 0.512. The third kappa shape index (κ3) is 5.06. The minimum Gasteiger partial charge on any atom is -0.472 e. The molecule has 3 aromatic rings. The second kappa shape index (κ2) is 9.80. The highest BCUT2D eigenvalue weighted by atomic mass is 19.4. The summed E-state index contributed by atoms with van der Waals surface area (Å²) in [7, 11) is 0. The van der Waals surface area contributed by atoms with Crippen molar-refractivity contribution < 1.29 is 22.7 Å². The van der Waals surface area contributed by atoms with Crippen molar-refractivity contribution >= 4 is 5.91 Å². The van der Waals surface area contributed by atoms with E-state index in [-0.39, 0.29) is 17.8 Å². The number of para-hydroxylation sites is 1. The maximum absolute atomic E-state index is 13.5. The van der Waals surface area contributed by atoms with Crippen molar-refractivity contribution in [3.8, 4) is 11.6 Å². The molecule has 0 bridgehead atoms. The van der Waals surface area contributed by atoms with Gasteiger partial charge in [0.15, 0.2) is 0 Å². The number of pyridine rings is 1. The summed E-state index contributed by atoms with van der Waals surface area (Å²) in [5.41, 5.74) is 0.136. The average Bonchev–Trinajstić information content (AvgIpc) is 3.31. The summed E-state index contributed by atoms with van der Waals surface area (Å²) in [4.78, 5) is 20.3. The first-order valence-corrected chi connectivity index (χ1v) is 10.2. The Morgan fingerprint density at radius 2 is 1.81 bits per heavy atom. The minimum absolute atomic E-state index is 0.0635. The summed E-state index contributed by atoms with van der Waals surface area (Å²) < 4.78 is 44.1. The molecule has 0 fully saturated rings. The molecule has 2 atom stereocenters. The van der Waals surface area contributed by atoms with Gasteiger partial charge in [0.1, 0.15) is 6.10 Å². The molecule has 2 aromatic heterocycles. The zero-order chi connectivity index (χ0) is 23.3. The van der Waals surface area contributed by atoms with Crippen molar-refractivity contribution in [1.29, 1.82) is 0 Å². The molecule has 10 heteroatoms. The highest BCUT2D eigenvalue weighted by molar-refractivity contribution is 5.97. The topological polar surface area (TPSA) is 73.1 Å². The molecule has 3 rings (SSSR count). The van der Waals surface area contributed by atoms with E-state index in [1.54, 1.807) is 36.1 Å². The lowest BCUT2D eigenvalue weighted by molar-refractivity contribution is -0.137. The van der Waals surface area contributed by atoms with E-state index in [2.05, 4.69) is 15.2 Å². The van der Waals surface area contributed by atoms with Crippen molar-refractivity contribution in [2.75, 3.05) is 6.54 Å². The first-order chi connectivity index (χ1) is 15.3. The number of nitrogens with zero attached hydrogens (tertiary/aromatic N) is 5. The number of amides is 1. The molecular weight excluding hydrogens is 423 g/mol. The molecule has 0 aliphatic rings. The second-order valence-corrected chi connectivity index (χ2v) is 7.11. The lowest BCUT2D eigenvalue weighted by Gasteiger charge is -2.34. The van der Waals surface area contributed by atoms with Crippen LogP contribution in [-0.4, -0.2) is 49.5 Å². The number of hydrogen-bond donors (Lipinski definition) is 0. The van der Waals surface area contributed by atoms with E-state index >= 15 is 0 Å². The Labute approximate surface area is 183 Å². The Balaban J connectivity index is 1.81. The first-order valence-electron chi connectivity index (χ1n) is 10.2. The molecule has 0 saturated heterocycles. The summed E-state index contributed by atoms with van der Waals surface area (Å²) in [5.74, 6) is -0.156. The van der Waals surface area contributed by atoms with E-state index in [0.717, 1.165) is 12.3 Å². The Bertz CT molecular complexity index is 1020. The van der Waals surface area contributed by atoms with Crippen molar-refractivity contribution in [2.45, 2.75) is 45.5 Å². The van der Waals surface area contributed by atoms with Crippen LogP contribution in [0.2, 0.25) is 0 Å². The molecule has 0 spiro atoms. The van der Waals surface area contributed by atoms with Gasteiger partial charge in [0.25, 0.3) is 5.91 Å². The number of ether oxygens (including phenoxy) is 1. The third-order valence-corrected chi connectivity index (χ3v) is 5.10. The van der Waals surface area contributed by atoms with Gasteiger partial charge in [-0.1, -0.05) is 19.1 Å². The van der Waals surface area contributed by atoms with Crippen molar-refractivity contribution in [1.82, 2.24) is 24.9 Å². The lowest BCUT2D eigenvalue weighted by Crippen LogP contribution is -2.48. The fourth-order valence-corrected chi connectivity index (χ4v) is 3.54. The highest BCUT2D eigenvalue weighted by Crippen LogP contribution is 2.29. The van der Waals surface area contributed by atoms with E-state index in [9.17, 15) is 18.0 Å². The van der Waals surface area contributed by atoms with Crippen LogP contribution >= 0.6 is 0 Å². The van der Waals surface area contributed by atoms with E-state index in [1.165, 1.54) is 23.3 Å². The maximum atomic E-state index is 13.5. The Morgan fingerprint density at radius 1 is 1.12 bits per heavy atom. The molecule has 170 valence electrons. The van der Waals surface area contributed by atoms with Gasteiger partial charge in [-0.3, -0.25) is 4.79 Å². The van der Waals surface area contributed by atoms with Crippen molar-refractivity contribution in [3.05, 3.63) is 66.1 Å². The number of rotatable bonds is 8. The van der Waals surface area contributed by atoms with Crippen LogP contribution in [0.4, 0.5) is 13.2 Å². The molecule has 7 nitrogen and oxygen atoms in total. The summed E-state index contributed by atoms with van der Waals surface area (Å²) >= 11 is 0. The van der Waals surface area contributed by atoms with E-state index in [1.807, 2.05) is 13.8 Å². The SMILES string of the molecule is CCC(C(C)Oc1ccc(C(F)(F)F)cn1)N(CC)C(=O)c1ccccc1-n1nccn1. The van der Waals surface area contributed by atoms with Crippen LogP contribution in [0.5, 0.6) is 5.88 Å². The monoisotopic (exact) mass is 447 g/mol. The molecule has 0 saturated carbocycles. The predicted molar refractivity (Wildman–Crippen MR) is 111 cm³/mol. The van der Waals surface area contributed by atoms with Gasteiger partial charge in [0.2, 0.25) is 5.88 Å². The van der Waals surface area contributed by atoms with Crippen LogP contribution in [0.15, 0.2) is 55.0 Å². The third-order valence-electron chi connectivity index (χ3n) is 5.10. The smallest absolute Gasteiger partial charge is 0.417 e. The number of carbonyl (C=O) groups excluding carboxylic acids is 1. The number of aromatic nitrogens is 4. The van der Waals surface area contributed by atoms with Crippen molar-refractivity contribution in [2.24, 2.45) is 0 Å². The van der Waals surface area contributed by atoms with Crippen molar-refractivity contribution in [3.63, 3.8) is 0 Å². The summed E-state index contributed by atoms with van der Waals surface area (Å²) in [6, 6.07) is 8.80. The fraction of sp³-hybridized carbons (Fsp3) is 0.364. The average molecular weight is 447 g/mol. The second-order valence-electron chi connectivity index (χ2n) is 7.11. The van der Waals surface area contributed by atoms with Gasteiger partial charge in [0.05, 0.1) is 35.2 Å². The van der Waals surface area contributed by atoms with Gasteiger partial charge < -0.3 is 9.64 Å². The van der Waals surface area contributed by atoms with Gasteiger partial charge in [-0.2, -0.15) is 28.2 Å². The largest absolute Gasteiger partial charge is 0.472 e. The number of carbonyl (C=O) groups is 1. The van der Waals surface area contributed by atoms with Gasteiger partial charge >= 0.3 is 6.18 Å². The van der Waals surface area contributed by atoms with Crippen LogP contribution in [-0.2, 0) is 6.18 Å². The Kier molecular flexibility index (Phi) is 7.12. The van der Waals surface area contributed by atoms with Crippen LogP contribution in [0, 0.1) is 0 Å². The molecule has 1 amide bonds. The molecule has 0 N–H and O–H groups in total. The lowest BCUT2D eigenvalue weighted by atomic mass is 10.0. The van der Waals surface area contributed by atoms with Crippen LogP contribution in [0.1, 0.15) is 43.1 Å². The van der Waals surface area contributed by atoms with Gasteiger partial charge in [-0.25, -0.2) is 4.98 Å². The number of halogens is 3. The summed E-state index contributed by atoms with van der Waals surface area (Å²) in [5, 5.41) is 8.23. The zero-order valence-corrected chi connectivity index (χ0v) is 18.0. The molecule has 2 heterocycles. The maximum Gasteiger partial charge on any atom is 0.417 e. The normalized spacial score (nSPS) is 13.4. The van der Waals surface area contributed by atoms with Gasteiger partial charge in [-0.15, -0.1) is 0 Å². The number of alkyl halides is 3. The molecule has 32 heavy (non-hydrogen) atoms.